The average Bonchev–Trinajstić information content (AvgIpc) is 2.79. The smallest absolute Gasteiger partial charge is 0.262 e. The summed E-state index contributed by atoms with van der Waals surface area (Å²) < 4.78 is 8.65. The Balaban J connectivity index is 1.76. The number of ketones is 1. The van der Waals surface area contributed by atoms with Crippen molar-refractivity contribution in [3.8, 4) is 11.8 Å². The summed E-state index contributed by atoms with van der Waals surface area (Å²) in [5.74, 6) is -0.620. The Bertz CT molecular complexity index is 1260. The first-order valence-corrected chi connectivity index (χ1v) is 11.3. The van der Waals surface area contributed by atoms with Gasteiger partial charge in [-0.05, 0) is 86.1 Å². The van der Waals surface area contributed by atoms with E-state index in [9.17, 15) is 9.59 Å². The largest absolute Gasteiger partial charge is 0.483 e. The maximum Gasteiger partial charge on any atom is 0.262 e. The van der Waals surface area contributed by atoms with E-state index in [1.807, 2.05) is 38.2 Å². The number of aryl methyl sites for hydroxylation is 1. The minimum absolute atomic E-state index is 0.158. The van der Waals surface area contributed by atoms with Crippen molar-refractivity contribution in [1.29, 1.82) is 5.26 Å². The second-order valence-electron chi connectivity index (χ2n) is 6.93. The number of rotatable bonds is 8. The van der Waals surface area contributed by atoms with E-state index in [0.29, 0.717) is 10.7 Å². The number of nitrogens with one attached hydrogen (secondary N) is 2. The molecule has 2 N–H and O–H groups in total. The molecule has 9 heteroatoms. The van der Waals surface area contributed by atoms with Crippen molar-refractivity contribution < 1.29 is 14.3 Å². The van der Waals surface area contributed by atoms with Gasteiger partial charge in [0.15, 0.2) is 12.4 Å². The van der Waals surface area contributed by atoms with Gasteiger partial charge >= 0.3 is 0 Å². The first-order valence-electron chi connectivity index (χ1n) is 9.72. The minimum Gasteiger partial charge on any atom is -0.483 e. The summed E-state index contributed by atoms with van der Waals surface area (Å²) in [5, 5.41) is 12.5. The molecule has 0 aliphatic heterocycles. The monoisotopic (exact) mass is 499 g/mol. The molecule has 0 spiro atoms. The Morgan fingerprint density at radius 1 is 1.06 bits per heavy atom. The Labute approximate surface area is 206 Å². The molecule has 0 radical (unpaired) electrons. The Kier molecular flexibility index (Phi) is 8.37. The predicted octanol–water partition coefficient (Wildman–Crippen LogP) is 5.65. The number of hydrogen-bond donors (Lipinski definition) is 2. The van der Waals surface area contributed by atoms with Gasteiger partial charge in [-0.2, -0.15) is 5.26 Å². The number of anilines is 1. The highest BCUT2D eigenvalue weighted by Crippen LogP contribution is 2.27. The highest BCUT2D eigenvalue weighted by atomic mass is 35.5. The summed E-state index contributed by atoms with van der Waals surface area (Å²) in [4.78, 5) is 26.6. The summed E-state index contributed by atoms with van der Waals surface area (Å²) in [6.07, 6.45) is 0. The first kappa shape index (κ1) is 24.6. The second-order valence-corrected chi connectivity index (χ2v) is 8.89. The molecule has 0 saturated heterocycles. The lowest BCUT2D eigenvalue weighted by Crippen LogP contribution is -2.21. The van der Waals surface area contributed by atoms with E-state index in [-0.39, 0.29) is 40.0 Å². The molecule has 33 heavy (non-hydrogen) atoms. The zero-order valence-corrected chi connectivity index (χ0v) is 20.1. The molecule has 0 heterocycles. The molecule has 0 bridgehead atoms. The first-order chi connectivity index (χ1) is 15.8. The van der Waals surface area contributed by atoms with Crippen LogP contribution < -0.4 is 14.8 Å². The lowest BCUT2D eigenvalue weighted by Gasteiger charge is -2.13. The number of nitriles is 1. The maximum absolute atomic E-state index is 13.1. The van der Waals surface area contributed by atoms with Gasteiger partial charge in [-0.3, -0.25) is 14.3 Å². The molecule has 0 fully saturated rings. The van der Waals surface area contributed by atoms with Crippen LogP contribution in [0, 0.1) is 18.3 Å². The number of hydrogen-bond acceptors (Lipinski definition) is 6. The summed E-state index contributed by atoms with van der Waals surface area (Å²) >= 11 is 13.6. The van der Waals surface area contributed by atoms with Gasteiger partial charge in [0.2, 0.25) is 0 Å². The molecule has 1 amide bonds. The van der Waals surface area contributed by atoms with Crippen LogP contribution in [0.2, 0.25) is 10.0 Å². The third-order valence-corrected chi connectivity index (χ3v) is 5.67. The summed E-state index contributed by atoms with van der Waals surface area (Å²) in [5.41, 5.74) is 2.20. The molecule has 0 aromatic heterocycles. The van der Waals surface area contributed by atoms with Gasteiger partial charge < -0.3 is 10.1 Å². The zero-order valence-electron chi connectivity index (χ0n) is 17.7. The minimum atomic E-state index is -0.430. The van der Waals surface area contributed by atoms with E-state index >= 15 is 0 Å². The topological polar surface area (TPSA) is 91.2 Å². The van der Waals surface area contributed by atoms with Crippen LogP contribution in [0.15, 0.2) is 59.5 Å². The van der Waals surface area contributed by atoms with Crippen LogP contribution in [0.5, 0.6) is 5.75 Å². The molecule has 0 atom stereocenters. The van der Waals surface area contributed by atoms with Crippen molar-refractivity contribution in [3.63, 3.8) is 0 Å². The molecule has 3 rings (SSSR count). The molecule has 0 saturated carbocycles. The number of amides is 1. The van der Waals surface area contributed by atoms with Gasteiger partial charge in [0.25, 0.3) is 5.91 Å². The van der Waals surface area contributed by atoms with Crippen molar-refractivity contribution in [2.24, 2.45) is 0 Å². The van der Waals surface area contributed by atoms with Crippen LogP contribution in [0.1, 0.15) is 27.0 Å². The van der Waals surface area contributed by atoms with E-state index in [1.165, 1.54) is 42.3 Å². The van der Waals surface area contributed by atoms with Crippen LogP contribution in [0.3, 0.4) is 0 Å². The second kappa shape index (κ2) is 11.2. The van der Waals surface area contributed by atoms with Gasteiger partial charge in [0.05, 0.1) is 17.2 Å². The van der Waals surface area contributed by atoms with Crippen molar-refractivity contribution in [3.05, 3.63) is 86.9 Å². The Morgan fingerprint density at radius 3 is 2.55 bits per heavy atom. The quantitative estimate of drug-likeness (QED) is 0.307. The fourth-order valence-electron chi connectivity index (χ4n) is 3.03. The van der Waals surface area contributed by atoms with Crippen molar-refractivity contribution in [2.45, 2.75) is 11.8 Å². The molecule has 3 aromatic carbocycles. The highest BCUT2D eigenvalue weighted by molar-refractivity contribution is 7.97. The van der Waals surface area contributed by atoms with Crippen molar-refractivity contribution in [2.75, 3.05) is 19.0 Å². The summed E-state index contributed by atoms with van der Waals surface area (Å²) in [7, 11) is 1.83. The summed E-state index contributed by atoms with van der Waals surface area (Å²) in [6, 6.07) is 16.5. The van der Waals surface area contributed by atoms with Crippen LogP contribution in [-0.2, 0) is 4.79 Å². The summed E-state index contributed by atoms with van der Waals surface area (Å²) in [6.45, 7) is 1.58. The highest BCUT2D eigenvalue weighted by Gasteiger charge is 2.18. The number of halogens is 2. The van der Waals surface area contributed by atoms with E-state index in [0.717, 1.165) is 10.5 Å². The molecule has 168 valence electrons. The van der Waals surface area contributed by atoms with Crippen LogP contribution in [0.4, 0.5) is 5.69 Å². The Morgan fingerprint density at radius 2 is 1.85 bits per heavy atom. The zero-order chi connectivity index (χ0) is 24.0. The van der Waals surface area contributed by atoms with Crippen molar-refractivity contribution in [1.82, 2.24) is 4.72 Å². The van der Waals surface area contributed by atoms with Crippen LogP contribution >= 0.6 is 35.1 Å². The fraction of sp³-hybridized carbons (Fsp3) is 0.125. The molecule has 3 aromatic rings. The van der Waals surface area contributed by atoms with Gasteiger partial charge in [-0.15, -0.1) is 0 Å². The standard InChI is InChI=1S/C24H19Cl2N3O3S/c1-14-7-19(33-28-2)4-5-21(14)29-23(30)13-32-22-6-3-17(25)11-20(22)24(31)16-8-15(12-27)9-18(26)10-16/h3-11,28H,13H2,1-2H3,(H,29,30). The third-order valence-electron chi connectivity index (χ3n) is 4.53. The molecule has 6 nitrogen and oxygen atoms in total. The van der Waals surface area contributed by atoms with Crippen molar-refractivity contribution >= 4 is 52.5 Å². The molecule has 0 unspecified atom stereocenters. The third kappa shape index (κ3) is 6.50. The predicted molar refractivity (Wildman–Crippen MR) is 131 cm³/mol. The van der Waals surface area contributed by atoms with Gasteiger partial charge in [0.1, 0.15) is 5.75 Å². The molecule has 0 aliphatic rings. The van der Waals surface area contributed by atoms with Crippen LogP contribution in [-0.4, -0.2) is 25.3 Å². The molecule has 0 aliphatic carbocycles. The lowest BCUT2D eigenvalue weighted by molar-refractivity contribution is -0.118. The van der Waals surface area contributed by atoms with Crippen LogP contribution in [0.25, 0.3) is 0 Å². The van der Waals surface area contributed by atoms with Gasteiger partial charge in [-0.25, -0.2) is 0 Å². The maximum atomic E-state index is 13.1. The molecular weight excluding hydrogens is 481 g/mol. The van der Waals surface area contributed by atoms with Gasteiger partial charge in [-0.1, -0.05) is 23.2 Å². The van der Waals surface area contributed by atoms with Gasteiger partial charge in [0, 0.05) is 26.2 Å². The fourth-order valence-corrected chi connectivity index (χ4v) is 4.05. The number of carbonyl (C=O) groups is 2. The number of nitrogens with zero attached hydrogens (tertiary/aromatic N) is 1. The van der Waals surface area contributed by atoms with E-state index in [2.05, 4.69) is 10.0 Å². The SMILES string of the molecule is CNSc1ccc(NC(=O)COc2ccc(Cl)cc2C(=O)c2cc(Cl)cc(C#N)c2)c(C)c1. The Hall–Kier alpha value is -3.02. The normalized spacial score (nSPS) is 10.4. The number of benzene rings is 3. The number of carbonyl (C=O) groups excluding carboxylic acids is 2. The van der Waals surface area contributed by atoms with E-state index in [1.54, 1.807) is 6.07 Å². The van der Waals surface area contributed by atoms with E-state index in [4.69, 9.17) is 33.2 Å². The molecular formula is C24H19Cl2N3O3S. The number of ether oxygens (including phenoxy) is 1. The van der Waals surface area contributed by atoms with E-state index < -0.39 is 5.78 Å². The lowest BCUT2D eigenvalue weighted by atomic mass is 10.0. The average molecular weight is 500 g/mol.